The Morgan fingerprint density at radius 1 is 1.21 bits per heavy atom. The van der Waals surface area contributed by atoms with Gasteiger partial charge in [-0.25, -0.2) is 4.79 Å². The fourth-order valence-electron chi connectivity index (χ4n) is 3.86. The van der Waals surface area contributed by atoms with Crippen LogP contribution >= 0.6 is 0 Å². The van der Waals surface area contributed by atoms with Crippen LogP contribution in [0.3, 0.4) is 0 Å². The highest BCUT2D eigenvalue weighted by Crippen LogP contribution is 2.36. The maximum Gasteiger partial charge on any atom is 0.341 e. The van der Waals surface area contributed by atoms with Gasteiger partial charge in [0.1, 0.15) is 16.9 Å². The van der Waals surface area contributed by atoms with Crippen molar-refractivity contribution in [2.24, 2.45) is 5.92 Å². The Bertz CT molecular complexity index is 686. The first-order valence-corrected chi connectivity index (χ1v) is 10.8. The summed E-state index contributed by atoms with van der Waals surface area (Å²) in [5.74, 6) is 0.299. The highest BCUT2D eigenvalue weighted by molar-refractivity contribution is 5.99. The smallest absolute Gasteiger partial charge is 0.341 e. The number of hydrogen-bond acceptors (Lipinski definition) is 5. The minimum absolute atomic E-state index is 0.152. The fourth-order valence-corrected chi connectivity index (χ4v) is 3.86. The van der Waals surface area contributed by atoms with Crippen LogP contribution in [0.4, 0.5) is 5.69 Å². The normalized spacial score (nSPS) is 21.4. The van der Waals surface area contributed by atoms with E-state index in [1.165, 1.54) is 0 Å². The third kappa shape index (κ3) is 6.20. The summed E-state index contributed by atoms with van der Waals surface area (Å²) in [6.45, 7) is 9.19. The summed E-state index contributed by atoms with van der Waals surface area (Å²) >= 11 is 0. The number of carbonyl (C=O) groups excluding carboxylic acids is 2. The van der Waals surface area contributed by atoms with E-state index in [0.29, 0.717) is 49.0 Å². The lowest BCUT2D eigenvalue weighted by atomic mass is 9.78. The topological polar surface area (TPSA) is 73.9 Å². The van der Waals surface area contributed by atoms with Crippen LogP contribution < -0.4 is 10.1 Å². The number of rotatable bonds is 10. The molecule has 0 heterocycles. The van der Waals surface area contributed by atoms with Gasteiger partial charge in [-0.3, -0.25) is 4.79 Å². The number of hydrogen-bond donors (Lipinski definition) is 1. The van der Waals surface area contributed by atoms with Crippen LogP contribution in [0.25, 0.3) is 0 Å². The number of ether oxygens (including phenoxy) is 3. The molecule has 6 nitrogen and oxygen atoms in total. The van der Waals surface area contributed by atoms with Crippen molar-refractivity contribution in [3.63, 3.8) is 0 Å². The molecule has 1 saturated carbocycles. The van der Waals surface area contributed by atoms with Crippen molar-refractivity contribution in [3.05, 3.63) is 23.8 Å². The van der Waals surface area contributed by atoms with E-state index >= 15 is 0 Å². The van der Waals surface area contributed by atoms with Crippen molar-refractivity contribution in [3.8, 4) is 5.75 Å². The molecular weight excluding hydrogens is 370 g/mol. The Balaban J connectivity index is 2.23. The van der Waals surface area contributed by atoms with Gasteiger partial charge in [-0.05, 0) is 63.6 Å². The monoisotopic (exact) mass is 405 g/mol. The summed E-state index contributed by atoms with van der Waals surface area (Å²) < 4.78 is 16.9. The number of esters is 1. The lowest BCUT2D eigenvalue weighted by Crippen LogP contribution is -2.48. The third-order valence-corrected chi connectivity index (χ3v) is 5.28. The van der Waals surface area contributed by atoms with Gasteiger partial charge in [-0.2, -0.15) is 0 Å². The number of unbranched alkanes of at least 4 members (excludes halogenated alkanes) is 1. The van der Waals surface area contributed by atoms with Crippen LogP contribution in [0.15, 0.2) is 18.2 Å². The first-order chi connectivity index (χ1) is 14.0. The van der Waals surface area contributed by atoms with Crippen molar-refractivity contribution >= 4 is 17.6 Å². The molecule has 0 saturated heterocycles. The van der Waals surface area contributed by atoms with Gasteiger partial charge in [-0.1, -0.05) is 26.7 Å². The standard InChI is InChI=1S/C23H35NO5/c1-5-8-14-28-20-12-11-18(15-19(20)21(25)27-6-2)24-22(26)23(29-7-3)13-9-10-17(4)16-23/h11-12,15,17H,5-10,13-14,16H2,1-4H3,(H,24,26)/t17-,23+/m0/s1. The van der Waals surface area contributed by atoms with Gasteiger partial charge in [0.25, 0.3) is 5.91 Å². The fraction of sp³-hybridized carbons (Fsp3) is 0.652. The minimum Gasteiger partial charge on any atom is -0.493 e. The summed E-state index contributed by atoms with van der Waals surface area (Å²) in [4.78, 5) is 25.6. The zero-order valence-corrected chi connectivity index (χ0v) is 18.2. The highest BCUT2D eigenvalue weighted by atomic mass is 16.5. The molecule has 2 rings (SSSR count). The molecule has 1 aromatic rings. The average molecular weight is 406 g/mol. The van der Waals surface area contributed by atoms with Crippen LogP contribution in [0.2, 0.25) is 0 Å². The summed E-state index contributed by atoms with van der Waals surface area (Å²) in [5, 5.41) is 2.96. The number of benzene rings is 1. The van der Waals surface area contributed by atoms with Crippen molar-refractivity contribution in [1.82, 2.24) is 0 Å². The molecule has 0 bridgehead atoms. The van der Waals surface area contributed by atoms with Crippen LogP contribution in [-0.4, -0.2) is 37.3 Å². The van der Waals surface area contributed by atoms with Gasteiger partial charge in [0.15, 0.2) is 0 Å². The summed E-state index contributed by atoms with van der Waals surface area (Å²) in [6, 6.07) is 5.10. The first kappa shape index (κ1) is 23.2. The number of amides is 1. The van der Waals surface area contributed by atoms with E-state index in [0.717, 1.165) is 25.7 Å². The van der Waals surface area contributed by atoms with Gasteiger partial charge in [0.05, 0.1) is 13.2 Å². The molecule has 1 amide bonds. The van der Waals surface area contributed by atoms with E-state index in [4.69, 9.17) is 14.2 Å². The first-order valence-electron chi connectivity index (χ1n) is 10.8. The van der Waals surface area contributed by atoms with Gasteiger partial charge < -0.3 is 19.5 Å². The van der Waals surface area contributed by atoms with E-state index in [2.05, 4.69) is 19.2 Å². The molecule has 0 unspecified atom stereocenters. The molecule has 29 heavy (non-hydrogen) atoms. The Labute approximate surface area is 174 Å². The molecule has 1 N–H and O–H groups in total. The molecule has 1 aromatic carbocycles. The van der Waals surface area contributed by atoms with Gasteiger partial charge in [-0.15, -0.1) is 0 Å². The van der Waals surface area contributed by atoms with E-state index in [-0.39, 0.29) is 12.5 Å². The van der Waals surface area contributed by atoms with E-state index in [1.54, 1.807) is 25.1 Å². The van der Waals surface area contributed by atoms with Crippen LogP contribution in [0.5, 0.6) is 5.75 Å². The molecule has 1 fully saturated rings. The minimum atomic E-state index is -0.813. The Hall–Kier alpha value is -2.08. The van der Waals surface area contributed by atoms with Gasteiger partial charge in [0.2, 0.25) is 0 Å². The lowest BCUT2D eigenvalue weighted by Gasteiger charge is -2.38. The van der Waals surface area contributed by atoms with Crippen LogP contribution in [-0.2, 0) is 14.3 Å². The van der Waals surface area contributed by atoms with Crippen molar-refractivity contribution in [1.29, 1.82) is 0 Å². The maximum absolute atomic E-state index is 13.1. The summed E-state index contributed by atoms with van der Waals surface area (Å²) in [7, 11) is 0. The van der Waals surface area contributed by atoms with Crippen LogP contribution in [0.1, 0.15) is 76.6 Å². The van der Waals surface area contributed by atoms with Crippen molar-refractivity contribution in [2.45, 2.75) is 71.8 Å². The molecule has 0 radical (unpaired) electrons. The molecule has 6 heteroatoms. The zero-order chi connectivity index (χ0) is 21.3. The average Bonchev–Trinajstić information content (AvgIpc) is 2.69. The molecule has 0 spiro atoms. The Morgan fingerprint density at radius 3 is 2.66 bits per heavy atom. The number of carbonyl (C=O) groups is 2. The Morgan fingerprint density at radius 2 is 2.00 bits per heavy atom. The second-order valence-corrected chi connectivity index (χ2v) is 7.72. The second-order valence-electron chi connectivity index (χ2n) is 7.72. The Kier molecular flexibility index (Phi) is 8.96. The van der Waals surface area contributed by atoms with Crippen LogP contribution in [0, 0.1) is 5.92 Å². The second kappa shape index (κ2) is 11.2. The molecule has 2 atom stereocenters. The third-order valence-electron chi connectivity index (χ3n) is 5.28. The molecule has 0 aliphatic heterocycles. The predicted molar refractivity (Wildman–Crippen MR) is 113 cm³/mol. The number of anilines is 1. The highest BCUT2D eigenvalue weighted by Gasteiger charge is 2.42. The largest absolute Gasteiger partial charge is 0.493 e. The van der Waals surface area contributed by atoms with Crippen molar-refractivity contribution < 1.29 is 23.8 Å². The zero-order valence-electron chi connectivity index (χ0n) is 18.2. The van der Waals surface area contributed by atoms with Gasteiger partial charge in [0, 0.05) is 12.3 Å². The molecular formula is C23H35NO5. The lowest BCUT2D eigenvalue weighted by molar-refractivity contribution is -0.147. The molecule has 162 valence electrons. The summed E-state index contributed by atoms with van der Waals surface area (Å²) in [5.41, 5.74) is 0.0497. The maximum atomic E-state index is 13.1. The molecule has 1 aliphatic carbocycles. The quantitative estimate of drug-likeness (QED) is 0.440. The number of nitrogens with one attached hydrogen (secondary N) is 1. The van der Waals surface area contributed by atoms with Gasteiger partial charge >= 0.3 is 5.97 Å². The van der Waals surface area contributed by atoms with E-state index in [1.807, 2.05) is 6.92 Å². The van der Waals surface area contributed by atoms with E-state index < -0.39 is 11.6 Å². The summed E-state index contributed by atoms with van der Waals surface area (Å²) in [6.07, 6.45) is 5.39. The SMILES string of the molecule is CCCCOc1ccc(NC(=O)[C@@]2(OCC)CCC[C@H](C)C2)cc1C(=O)OCC. The van der Waals surface area contributed by atoms with E-state index in [9.17, 15) is 9.59 Å². The molecule has 0 aromatic heterocycles. The predicted octanol–water partition coefficient (Wildman–Crippen LogP) is 4.97. The van der Waals surface area contributed by atoms with Crippen molar-refractivity contribution in [2.75, 3.05) is 25.1 Å². The molecule has 1 aliphatic rings.